The van der Waals surface area contributed by atoms with Crippen molar-refractivity contribution in [1.82, 2.24) is 9.80 Å². The smallest absolute Gasteiger partial charge is 0.253 e. The summed E-state index contributed by atoms with van der Waals surface area (Å²) in [4.78, 5) is 16.7. The molecule has 0 aromatic heterocycles. The number of hydrogen-bond acceptors (Lipinski definition) is 3. The standard InChI is InChI=1S/C17H23ClN2O2/c1-19(2)15-11-17(22-12-15)6-8-20(9-7-17)16(21)13-4-3-5-14(18)10-13/h3-5,10,15H,6-9,11-12H2,1-2H3/t15-/m1/s1. The average Bonchev–Trinajstić information content (AvgIpc) is 2.92. The third kappa shape index (κ3) is 3.14. The van der Waals surface area contributed by atoms with E-state index in [1.54, 1.807) is 12.1 Å². The zero-order chi connectivity index (χ0) is 15.7. The van der Waals surface area contributed by atoms with Crippen molar-refractivity contribution >= 4 is 17.5 Å². The molecule has 2 fully saturated rings. The van der Waals surface area contributed by atoms with E-state index in [9.17, 15) is 4.79 Å². The Morgan fingerprint density at radius 2 is 2.09 bits per heavy atom. The summed E-state index contributed by atoms with van der Waals surface area (Å²) in [7, 11) is 4.20. The molecule has 0 unspecified atom stereocenters. The number of halogens is 1. The summed E-state index contributed by atoms with van der Waals surface area (Å²) in [5.41, 5.74) is 0.641. The number of benzene rings is 1. The second kappa shape index (κ2) is 6.19. The van der Waals surface area contributed by atoms with E-state index < -0.39 is 0 Å². The van der Waals surface area contributed by atoms with Gasteiger partial charge in [-0.2, -0.15) is 0 Å². The molecule has 0 N–H and O–H groups in total. The number of carbonyl (C=O) groups excluding carboxylic acids is 1. The molecule has 1 aromatic rings. The van der Waals surface area contributed by atoms with Gasteiger partial charge in [0.1, 0.15) is 0 Å². The van der Waals surface area contributed by atoms with E-state index in [2.05, 4.69) is 19.0 Å². The van der Waals surface area contributed by atoms with Crippen LogP contribution in [0.25, 0.3) is 0 Å². The fourth-order valence-corrected chi connectivity index (χ4v) is 3.61. The fourth-order valence-electron chi connectivity index (χ4n) is 3.42. The van der Waals surface area contributed by atoms with Gasteiger partial charge in [0.25, 0.3) is 5.91 Å². The van der Waals surface area contributed by atoms with Gasteiger partial charge in [-0.05, 0) is 51.6 Å². The predicted molar refractivity (Wildman–Crippen MR) is 87.4 cm³/mol. The molecule has 1 atom stereocenters. The Hall–Kier alpha value is -1.10. The van der Waals surface area contributed by atoms with Crippen LogP contribution in [-0.2, 0) is 4.74 Å². The number of nitrogens with zero attached hydrogens (tertiary/aromatic N) is 2. The molecule has 2 aliphatic rings. The van der Waals surface area contributed by atoms with Gasteiger partial charge in [0.15, 0.2) is 0 Å². The molecule has 2 aliphatic heterocycles. The highest BCUT2D eigenvalue weighted by Gasteiger charge is 2.43. The summed E-state index contributed by atoms with van der Waals surface area (Å²) in [6.45, 7) is 2.31. The van der Waals surface area contributed by atoms with Gasteiger partial charge in [0, 0.05) is 29.7 Å². The van der Waals surface area contributed by atoms with Crippen molar-refractivity contribution in [2.24, 2.45) is 0 Å². The minimum absolute atomic E-state index is 0.0277. The number of ether oxygens (including phenoxy) is 1. The zero-order valence-electron chi connectivity index (χ0n) is 13.2. The largest absolute Gasteiger partial charge is 0.373 e. The Morgan fingerprint density at radius 1 is 1.36 bits per heavy atom. The van der Waals surface area contributed by atoms with Gasteiger partial charge in [-0.3, -0.25) is 4.79 Å². The number of likely N-dealkylation sites (N-methyl/N-ethyl adjacent to an activating group) is 1. The zero-order valence-corrected chi connectivity index (χ0v) is 14.0. The highest BCUT2D eigenvalue weighted by Crippen LogP contribution is 2.37. The molecule has 0 aliphatic carbocycles. The lowest BCUT2D eigenvalue weighted by molar-refractivity contribution is -0.0392. The Bertz CT molecular complexity index is 553. The molecule has 2 heterocycles. The Labute approximate surface area is 137 Å². The van der Waals surface area contributed by atoms with E-state index >= 15 is 0 Å². The van der Waals surface area contributed by atoms with Crippen molar-refractivity contribution in [2.75, 3.05) is 33.8 Å². The van der Waals surface area contributed by atoms with Gasteiger partial charge in [0.05, 0.1) is 12.2 Å². The van der Waals surface area contributed by atoms with Crippen molar-refractivity contribution in [3.63, 3.8) is 0 Å². The normalized spacial score (nSPS) is 24.2. The minimum atomic E-state index is -0.0277. The van der Waals surface area contributed by atoms with Crippen molar-refractivity contribution in [3.05, 3.63) is 34.9 Å². The Morgan fingerprint density at radius 3 is 2.68 bits per heavy atom. The molecule has 5 heteroatoms. The van der Waals surface area contributed by atoms with Gasteiger partial charge in [-0.1, -0.05) is 17.7 Å². The molecule has 3 rings (SSSR count). The van der Waals surface area contributed by atoms with Crippen LogP contribution in [0.4, 0.5) is 0 Å². The van der Waals surface area contributed by atoms with Crippen LogP contribution in [-0.4, -0.2) is 61.1 Å². The van der Waals surface area contributed by atoms with Gasteiger partial charge in [-0.15, -0.1) is 0 Å². The monoisotopic (exact) mass is 322 g/mol. The van der Waals surface area contributed by atoms with Crippen molar-refractivity contribution < 1.29 is 9.53 Å². The maximum atomic E-state index is 12.5. The fraction of sp³-hybridized carbons (Fsp3) is 0.588. The maximum absolute atomic E-state index is 12.5. The summed E-state index contributed by atoms with van der Waals surface area (Å²) in [6.07, 6.45) is 2.91. The average molecular weight is 323 g/mol. The minimum Gasteiger partial charge on any atom is -0.373 e. The first-order valence-electron chi connectivity index (χ1n) is 7.84. The second-order valence-corrected chi connectivity index (χ2v) is 7.05. The van der Waals surface area contributed by atoms with Crippen LogP contribution in [0.3, 0.4) is 0 Å². The summed E-state index contributed by atoms with van der Waals surface area (Å²) >= 11 is 5.98. The number of hydrogen-bond donors (Lipinski definition) is 0. The third-order valence-electron chi connectivity index (χ3n) is 4.95. The van der Waals surface area contributed by atoms with Crippen molar-refractivity contribution in [2.45, 2.75) is 30.9 Å². The van der Waals surface area contributed by atoms with Crippen LogP contribution >= 0.6 is 11.6 Å². The quantitative estimate of drug-likeness (QED) is 0.839. The maximum Gasteiger partial charge on any atom is 0.253 e. The first kappa shape index (κ1) is 15.8. The number of carbonyl (C=O) groups is 1. The molecule has 0 bridgehead atoms. The summed E-state index contributed by atoms with van der Waals surface area (Å²) in [6, 6.07) is 7.67. The molecule has 0 radical (unpaired) electrons. The Balaban J connectivity index is 1.61. The summed E-state index contributed by atoms with van der Waals surface area (Å²) in [5.74, 6) is 0.0690. The highest BCUT2D eigenvalue weighted by molar-refractivity contribution is 6.30. The molecule has 0 saturated carbocycles. The second-order valence-electron chi connectivity index (χ2n) is 6.62. The molecular formula is C17H23ClN2O2. The highest BCUT2D eigenvalue weighted by atomic mass is 35.5. The molecule has 120 valence electrons. The van der Waals surface area contributed by atoms with Crippen LogP contribution in [0.15, 0.2) is 24.3 Å². The summed E-state index contributed by atoms with van der Waals surface area (Å²) in [5, 5.41) is 0.604. The lowest BCUT2D eigenvalue weighted by atomic mass is 9.87. The Kier molecular flexibility index (Phi) is 4.44. The first-order chi connectivity index (χ1) is 10.5. The van der Waals surface area contributed by atoms with E-state index in [1.165, 1.54) is 0 Å². The van der Waals surface area contributed by atoms with E-state index in [0.29, 0.717) is 16.6 Å². The third-order valence-corrected chi connectivity index (χ3v) is 5.19. The number of piperidine rings is 1. The summed E-state index contributed by atoms with van der Waals surface area (Å²) < 4.78 is 6.11. The molecular weight excluding hydrogens is 300 g/mol. The SMILES string of the molecule is CN(C)[C@H]1COC2(CCN(C(=O)c3cccc(Cl)c3)CC2)C1. The van der Waals surface area contributed by atoms with E-state index in [4.69, 9.17) is 16.3 Å². The predicted octanol–water partition coefficient (Wildman–Crippen LogP) is 2.67. The van der Waals surface area contributed by atoms with Crippen LogP contribution in [0, 0.1) is 0 Å². The molecule has 1 spiro atoms. The van der Waals surface area contributed by atoms with Gasteiger partial charge in [0.2, 0.25) is 0 Å². The van der Waals surface area contributed by atoms with E-state index in [0.717, 1.165) is 39.0 Å². The van der Waals surface area contributed by atoms with E-state index in [1.807, 2.05) is 17.0 Å². The van der Waals surface area contributed by atoms with Gasteiger partial charge < -0.3 is 14.5 Å². The molecule has 4 nitrogen and oxygen atoms in total. The molecule has 22 heavy (non-hydrogen) atoms. The molecule has 1 amide bonds. The number of likely N-dealkylation sites (tertiary alicyclic amines) is 1. The van der Waals surface area contributed by atoms with Crippen LogP contribution in [0.2, 0.25) is 5.02 Å². The lowest BCUT2D eigenvalue weighted by Crippen LogP contribution is -2.46. The van der Waals surface area contributed by atoms with Crippen molar-refractivity contribution in [1.29, 1.82) is 0 Å². The number of rotatable bonds is 2. The van der Waals surface area contributed by atoms with Gasteiger partial charge >= 0.3 is 0 Å². The molecule has 1 aromatic carbocycles. The molecule has 2 saturated heterocycles. The van der Waals surface area contributed by atoms with Crippen LogP contribution < -0.4 is 0 Å². The lowest BCUT2D eigenvalue weighted by Gasteiger charge is -2.39. The first-order valence-corrected chi connectivity index (χ1v) is 8.22. The number of amides is 1. The topological polar surface area (TPSA) is 32.8 Å². The van der Waals surface area contributed by atoms with Crippen LogP contribution in [0.5, 0.6) is 0 Å². The van der Waals surface area contributed by atoms with Crippen LogP contribution in [0.1, 0.15) is 29.6 Å². The van der Waals surface area contributed by atoms with Gasteiger partial charge in [-0.25, -0.2) is 0 Å². The van der Waals surface area contributed by atoms with Crippen molar-refractivity contribution in [3.8, 4) is 0 Å². The van der Waals surface area contributed by atoms with E-state index in [-0.39, 0.29) is 11.5 Å².